The lowest BCUT2D eigenvalue weighted by molar-refractivity contribution is -0.139. The number of carboxylic acid groups (broad SMARTS) is 1. The number of nitrogen functional groups attached to an aromatic ring is 2. The summed E-state index contributed by atoms with van der Waals surface area (Å²) in [4.78, 5) is 45.7. The lowest BCUT2D eigenvalue weighted by Crippen LogP contribution is -2.41. The van der Waals surface area contributed by atoms with Crippen molar-refractivity contribution >= 4 is 40.6 Å². The summed E-state index contributed by atoms with van der Waals surface area (Å²) in [6, 6.07) is 5.73. The first-order valence-corrected chi connectivity index (χ1v) is 10.0. The molecule has 2 amide bonds. The summed E-state index contributed by atoms with van der Waals surface area (Å²) in [6.45, 7) is 0. The van der Waals surface area contributed by atoms with E-state index in [0.717, 1.165) is 35.8 Å². The molecule has 0 aliphatic rings. The number of benzene rings is 1. The summed E-state index contributed by atoms with van der Waals surface area (Å²) in [5.74, 6) is -1.91. The number of rotatable bonds is 10. The van der Waals surface area contributed by atoms with E-state index in [1.807, 2.05) is 18.3 Å². The molecule has 0 spiro atoms. The van der Waals surface area contributed by atoms with Crippen molar-refractivity contribution in [3.05, 3.63) is 47.2 Å². The predicted octanol–water partition coefficient (Wildman–Crippen LogP) is 0.746. The highest BCUT2D eigenvalue weighted by Crippen LogP contribution is 2.24. The zero-order valence-electron chi connectivity index (χ0n) is 17.3. The molecule has 11 heteroatoms. The van der Waals surface area contributed by atoms with Crippen LogP contribution in [-0.4, -0.2) is 43.9 Å². The number of carbonyl (C=O) groups excluding carboxylic acids is 2. The molecule has 9 N–H and O–H groups in total. The molecular formula is C21H25N7O4. The van der Waals surface area contributed by atoms with Crippen molar-refractivity contribution in [2.24, 2.45) is 5.73 Å². The number of primary amides is 1. The van der Waals surface area contributed by atoms with Crippen LogP contribution in [0.1, 0.15) is 40.7 Å². The van der Waals surface area contributed by atoms with Crippen molar-refractivity contribution in [1.29, 1.82) is 0 Å². The zero-order chi connectivity index (χ0) is 23.3. The Labute approximate surface area is 183 Å². The number of aromatic amines is 1. The number of anilines is 2. The van der Waals surface area contributed by atoms with Crippen LogP contribution in [0.4, 0.5) is 11.8 Å². The molecule has 0 aliphatic carbocycles. The van der Waals surface area contributed by atoms with Crippen LogP contribution in [0.3, 0.4) is 0 Å². The number of aliphatic carboxylic acids is 1. The Kier molecular flexibility index (Phi) is 6.88. The summed E-state index contributed by atoms with van der Waals surface area (Å²) in [5.41, 5.74) is 19.6. The number of carbonyl (C=O) groups is 3. The topological polar surface area (TPSA) is 203 Å². The van der Waals surface area contributed by atoms with Crippen molar-refractivity contribution < 1.29 is 19.5 Å². The zero-order valence-corrected chi connectivity index (χ0v) is 17.3. The van der Waals surface area contributed by atoms with E-state index >= 15 is 0 Å². The summed E-state index contributed by atoms with van der Waals surface area (Å²) in [7, 11) is 0. The van der Waals surface area contributed by atoms with Gasteiger partial charge in [-0.05, 0) is 48.9 Å². The fourth-order valence-electron chi connectivity index (χ4n) is 3.43. The Morgan fingerprint density at radius 3 is 2.47 bits per heavy atom. The monoisotopic (exact) mass is 439 g/mol. The number of nitrogens with zero attached hydrogens (tertiary/aromatic N) is 2. The standard InChI is InChI=1S/C21H25N7O4/c22-15(29)9-8-14(20(31)32)26-19(30)12-6-4-11(5-7-12)2-1-3-13-10-25-18-16(13)17(23)27-21(24)28-18/h4-7,10,14H,1-3,8-9H2,(H2,22,29)(H,26,30)(H,31,32)(H5,23,24,25,27,28)/t14-/m0/s1. The van der Waals surface area contributed by atoms with E-state index in [2.05, 4.69) is 20.3 Å². The van der Waals surface area contributed by atoms with Crippen LogP contribution in [-0.2, 0) is 22.4 Å². The first kappa shape index (κ1) is 22.5. The number of aromatic nitrogens is 3. The Hall–Kier alpha value is -4.15. The number of nitrogens with two attached hydrogens (primary N) is 3. The minimum Gasteiger partial charge on any atom is -0.480 e. The van der Waals surface area contributed by atoms with Crippen LogP contribution >= 0.6 is 0 Å². The molecule has 168 valence electrons. The highest BCUT2D eigenvalue weighted by molar-refractivity contribution is 5.96. The second kappa shape index (κ2) is 9.77. The Morgan fingerprint density at radius 1 is 1.09 bits per heavy atom. The average molecular weight is 439 g/mol. The SMILES string of the molecule is NC(=O)CC[C@H](NC(=O)c1ccc(CCCc2c[nH]c3nc(N)nc(N)c23)cc1)C(=O)O. The summed E-state index contributed by atoms with van der Waals surface area (Å²) < 4.78 is 0. The molecule has 11 nitrogen and oxygen atoms in total. The van der Waals surface area contributed by atoms with Gasteiger partial charge in [-0.25, -0.2) is 4.79 Å². The maximum Gasteiger partial charge on any atom is 0.326 e. The second-order valence-corrected chi connectivity index (χ2v) is 7.42. The average Bonchev–Trinajstić information content (AvgIpc) is 3.14. The first-order chi connectivity index (χ1) is 15.2. The summed E-state index contributed by atoms with van der Waals surface area (Å²) in [5, 5.41) is 12.4. The normalized spacial score (nSPS) is 11.9. The molecular weight excluding hydrogens is 414 g/mol. The Morgan fingerprint density at radius 2 is 1.81 bits per heavy atom. The summed E-state index contributed by atoms with van der Waals surface area (Å²) >= 11 is 0. The number of fused-ring (bicyclic) bond motifs is 1. The van der Waals surface area contributed by atoms with Gasteiger partial charge < -0.3 is 32.6 Å². The Balaban J connectivity index is 1.56. The van der Waals surface area contributed by atoms with Gasteiger partial charge >= 0.3 is 5.97 Å². The fourth-order valence-corrected chi connectivity index (χ4v) is 3.43. The van der Waals surface area contributed by atoms with Gasteiger partial charge in [-0.1, -0.05) is 12.1 Å². The number of nitrogens with one attached hydrogen (secondary N) is 2. The maximum atomic E-state index is 12.3. The van der Waals surface area contributed by atoms with Crippen molar-refractivity contribution in [2.75, 3.05) is 11.5 Å². The number of carboxylic acids is 1. The third kappa shape index (κ3) is 5.50. The van der Waals surface area contributed by atoms with Crippen LogP contribution < -0.4 is 22.5 Å². The predicted molar refractivity (Wildman–Crippen MR) is 118 cm³/mol. The molecule has 2 heterocycles. The van der Waals surface area contributed by atoms with E-state index < -0.39 is 23.8 Å². The van der Waals surface area contributed by atoms with Gasteiger partial charge in [-0.15, -0.1) is 0 Å². The van der Waals surface area contributed by atoms with Gasteiger partial charge in [0, 0.05) is 18.2 Å². The molecule has 0 bridgehead atoms. The van der Waals surface area contributed by atoms with Gasteiger partial charge in [0.05, 0.1) is 5.39 Å². The van der Waals surface area contributed by atoms with Crippen LogP contribution in [0.25, 0.3) is 11.0 Å². The van der Waals surface area contributed by atoms with Crippen LogP contribution in [0.5, 0.6) is 0 Å². The van der Waals surface area contributed by atoms with Crippen LogP contribution in [0.2, 0.25) is 0 Å². The van der Waals surface area contributed by atoms with Crippen molar-refractivity contribution in [3.63, 3.8) is 0 Å². The Bertz CT molecular complexity index is 1140. The largest absolute Gasteiger partial charge is 0.480 e. The second-order valence-electron chi connectivity index (χ2n) is 7.42. The molecule has 0 saturated carbocycles. The molecule has 0 radical (unpaired) electrons. The van der Waals surface area contributed by atoms with Crippen molar-refractivity contribution in [1.82, 2.24) is 20.3 Å². The molecule has 3 rings (SSSR count). The molecule has 3 aromatic rings. The molecule has 0 fully saturated rings. The molecule has 32 heavy (non-hydrogen) atoms. The number of amides is 2. The smallest absolute Gasteiger partial charge is 0.326 e. The third-order valence-electron chi connectivity index (χ3n) is 5.07. The van der Waals surface area contributed by atoms with Gasteiger partial charge in [-0.3, -0.25) is 9.59 Å². The minimum absolute atomic E-state index is 0.0650. The van der Waals surface area contributed by atoms with Gasteiger partial charge in [0.1, 0.15) is 17.5 Å². The minimum atomic E-state index is -1.22. The van der Waals surface area contributed by atoms with E-state index in [0.29, 0.717) is 17.0 Å². The number of hydrogen-bond donors (Lipinski definition) is 6. The van der Waals surface area contributed by atoms with Crippen molar-refractivity contribution in [3.8, 4) is 0 Å². The quantitative estimate of drug-likeness (QED) is 0.265. The fraction of sp³-hybridized carbons (Fsp3) is 0.286. The van der Waals surface area contributed by atoms with Gasteiger partial charge in [0.25, 0.3) is 5.91 Å². The molecule has 0 saturated heterocycles. The number of H-pyrrole nitrogens is 1. The first-order valence-electron chi connectivity index (χ1n) is 10.0. The third-order valence-corrected chi connectivity index (χ3v) is 5.07. The van der Waals surface area contributed by atoms with Gasteiger partial charge in [0.2, 0.25) is 11.9 Å². The number of aryl methyl sites for hydroxylation is 2. The molecule has 1 atom stereocenters. The lowest BCUT2D eigenvalue weighted by atomic mass is 10.0. The van der Waals surface area contributed by atoms with E-state index in [1.54, 1.807) is 12.1 Å². The van der Waals surface area contributed by atoms with Crippen LogP contribution in [0, 0.1) is 0 Å². The van der Waals surface area contributed by atoms with Gasteiger partial charge in [0.15, 0.2) is 0 Å². The van der Waals surface area contributed by atoms with E-state index in [9.17, 15) is 19.5 Å². The maximum absolute atomic E-state index is 12.3. The molecule has 2 aromatic heterocycles. The lowest BCUT2D eigenvalue weighted by Gasteiger charge is -2.14. The highest BCUT2D eigenvalue weighted by atomic mass is 16.4. The van der Waals surface area contributed by atoms with E-state index in [4.69, 9.17) is 17.2 Å². The van der Waals surface area contributed by atoms with Gasteiger partial charge in [-0.2, -0.15) is 9.97 Å². The van der Waals surface area contributed by atoms with Crippen LogP contribution in [0.15, 0.2) is 30.5 Å². The molecule has 1 aromatic carbocycles. The van der Waals surface area contributed by atoms with E-state index in [1.165, 1.54) is 0 Å². The molecule has 0 aliphatic heterocycles. The number of hydrogen-bond acceptors (Lipinski definition) is 7. The summed E-state index contributed by atoms with van der Waals surface area (Å²) in [6.07, 6.45) is 4.00. The highest BCUT2D eigenvalue weighted by Gasteiger charge is 2.21. The molecule has 0 unspecified atom stereocenters. The van der Waals surface area contributed by atoms with Crippen molar-refractivity contribution in [2.45, 2.75) is 38.1 Å². The van der Waals surface area contributed by atoms with E-state index in [-0.39, 0.29) is 18.8 Å².